The Bertz CT molecular complexity index is 438. The van der Waals surface area contributed by atoms with Crippen LogP contribution < -0.4 is 10.6 Å². The van der Waals surface area contributed by atoms with Crippen LogP contribution in [0.2, 0.25) is 0 Å². The quantitative estimate of drug-likeness (QED) is 0.902. The van der Waals surface area contributed by atoms with Crippen molar-refractivity contribution in [3.63, 3.8) is 0 Å². The Hall–Kier alpha value is -1.06. The minimum atomic E-state index is 0.639. The smallest absolute Gasteiger partial charge is 0.0414 e. The van der Waals surface area contributed by atoms with Crippen molar-refractivity contribution in [1.29, 1.82) is 0 Å². The van der Waals surface area contributed by atoms with E-state index in [0.717, 1.165) is 6.04 Å². The molecule has 1 unspecified atom stereocenters. The molecule has 0 bridgehead atoms. The number of hydrogen-bond acceptors (Lipinski definition) is 3. The molecule has 2 saturated heterocycles. The summed E-state index contributed by atoms with van der Waals surface area (Å²) in [5, 5.41) is 0. The number of rotatable bonds is 3. The fourth-order valence-electron chi connectivity index (χ4n) is 3.51. The molecule has 2 aliphatic heterocycles. The van der Waals surface area contributed by atoms with E-state index in [2.05, 4.69) is 34.9 Å². The van der Waals surface area contributed by atoms with Crippen LogP contribution in [0.4, 0.5) is 5.69 Å². The highest BCUT2D eigenvalue weighted by atomic mass is 15.3. The maximum Gasteiger partial charge on any atom is 0.0414 e. The van der Waals surface area contributed by atoms with Crippen molar-refractivity contribution in [2.24, 2.45) is 5.73 Å². The topological polar surface area (TPSA) is 32.5 Å². The molecular weight excluding hydrogens is 234 g/mol. The van der Waals surface area contributed by atoms with Gasteiger partial charge in [0.25, 0.3) is 0 Å². The Morgan fingerprint density at radius 3 is 2.74 bits per heavy atom. The largest absolute Gasteiger partial charge is 0.370 e. The minimum Gasteiger partial charge on any atom is -0.370 e. The molecule has 0 saturated carbocycles. The molecule has 19 heavy (non-hydrogen) atoms. The molecule has 1 aromatic carbocycles. The summed E-state index contributed by atoms with van der Waals surface area (Å²) in [5.74, 6) is 0. The summed E-state index contributed by atoms with van der Waals surface area (Å²) in [6, 6.07) is 7.41. The molecule has 0 aliphatic carbocycles. The van der Waals surface area contributed by atoms with Crippen molar-refractivity contribution in [2.45, 2.75) is 38.8 Å². The molecule has 3 rings (SSSR count). The Kier molecular flexibility index (Phi) is 3.76. The molecule has 0 spiro atoms. The van der Waals surface area contributed by atoms with Crippen molar-refractivity contribution < 1.29 is 0 Å². The van der Waals surface area contributed by atoms with E-state index in [9.17, 15) is 0 Å². The highest BCUT2D eigenvalue weighted by Gasteiger charge is 2.29. The first-order valence-electron chi connectivity index (χ1n) is 7.56. The predicted octanol–water partition coefficient (Wildman–Crippen LogP) is 2.13. The van der Waals surface area contributed by atoms with Crippen molar-refractivity contribution >= 4 is 5.69 Å². The second kappa shape index (κ2) is 5.51. The lowest BCUT2D eigenvalue weighted by molar-refractivity contribution is 0.260. The Balaban J connectivity index is 1.75. The van der Waals surface area contributed by atoms with E-state index in [-0.39, 0.29) is 0 Å². The molecule has 2 heterocycles. The van der Waals surface area contributed by atoms with Crippen LogP contribution in [0.1, 0.15) is 30.4 Å². The van der Waals surface area contributed by atoms with Gasteiger partial charge in [-0.1, -0.05) is 12.1 Å². The van der Waals surface area contributed by atoms with E-state index in [1.165, 1.54) is 62.3 Å². The molecular formula is C16H25N3. The van der Waals surface area contributed by atoms with Gasteiger partial charge in [-0.15, -0.1) is 0 Å². The van der Waals surface area contributed by atoms with Crippen LogP contribution in [-0.4, -0.2) is 37.1 Å². The predicted molar refractivity (Wildman–Crippen MR) is 80.5 cm³/mol. The molecule has 1 aromatic rings. The number of likely N-dealkylation sites (tertiary alicyclic amines) is 1. The summed E-state index contributed by atoms with van der Waals surface area (Å²) >= 11 is 0. The number of benzene rings is 1. The second-order valence-electron chi connectivity index (χ2n) is 5.97. The van der Waals surface area contributed by atoms with Gasteiger partial charge in [-0.25, -0.2) is 0 Å². The SMILES string of the molecule is Cc1ccc(CN)c(N2CCC(N3CCCC3)C2)c1. The number of nitrogens with zero attached hydrogens (tertiary/aromatic N) is 2. The third-order valence-corrected chi connectivity index (χ3v) is 4.62. The Morgan fingerprint density at radius 2 is 2.00 bits per heavy atom. The van der Waals surface area contributed by atoms with Gasteiger partial charge in [-0.2, -0.15) is 0 Å². The highest BCUT2D eigenvalue weighted by molar-refractivity contribution is 5.56. The van der Waals surface area contributed by atoms with Crippen molar-refractivity contribution in [1.82, 2.24) is 4.90 Å². The second-order valence-corrected chi connectivity index (χ2v) is 5.97. The van der Waals surface area contributed by atoms with E-state index in [1.807, 2.05) is 0 Å². The summed E-state index contributed by atoms with van der Waals surface area (Å²) in [4.78, 5) is 5.22. The fourth-order valence-corrected chi connectivity index (χ4v) is 3.51. The molecule has 3 heteroatoms. The average molecular weight is 259 g/mol. The molecule has 2 N–H and O–H groups in total. The molecule has 2 aliphatic rings. The first-order chi connectivity index (χ1) is 9.28. The lowest BCUT2D eigenvalue weighted by atomic mass is 10.1. The van der Waals surface area contributed by atoms with Crippen molar-refractivity contribution in [3.8, 4) is 0 Å². The fraction of sp³-hybridized carbons (Fsp3) is 0.625. The van der Waals surface area contributed by atoms with Gasteiger partial charge in [0.05, 0.1) is 0 Å². The van der Waals surface area contributed by atoms with E-state index in [0.29, 0.717) is 6.54 Å². The van der Waals surface area contributed by atoms with Gasteiger partial charge in [-0.05, 0) is 56.5 Å². The van der Waals surface area contributed by atoms with E-state index in [4.69, 9.17) is 5.73 Å². The zero-order chi connectivity index (χ0) is 13.2. The number of anilines is 1. The maximum absolute atomic E-state index is 5.89. The van der Waals surface area contributed by atoms with Gasteiger partial charge in [0, 0.05) is 31.4 Å². The average Bonchev–Trinajstić information content (AvgIpc) is 3.09. The number of nitrogens with two attached hydrogens (primary N) is 1. The summed E-state index contributed by atoms with van der Waals surface area (Å²) in [5.41, 5.74) is 9.87. The van der Waals surface area contributed by atoms with E-state index >= 15 is 0 Å². The van der Waals surface area contributed by atoms with E-state index < -0.39 is 0 Å². The lowest BCUT2D eigenvalue weighted by Crippen LogP contribution is -2.35. The van der Waals surface area contributed by atoms with Crippen LogP contribution in [0.15, 0.2) is 18.2 Å². The van der Waals surface area contributed by atoms with Crippen molar-refractivity contribution in [2.75, 3.05) is 31.1 Å². The minimum absolute atomic E-state index is 0.639. The third kappa shape index (κ3) is 2.63. The zero-order valence-corrected chi connectivity index (χ0v) is 11.9. The lowest BCUT2D eigenvalue weighted by Gasteiger charge is -2.26. The summed E-state index contributed by atoms with van der Waals surface area (Å²) < 4.78 is 0. The number of hydrogen-bond donors (Lipinski definition) is 1. The normalized spacial score (nSPS) is 24.3. The van der Waals surface area contributed by atoms with Gasteiger partial charge < -0.3 is 10.6 Å². The van der Waals surface area contributed by atoms with Gasteiger partial charge in [0.15, 0.2) is 0 Å². The Morgan fingerprint density at radius 1 is 1.21 bits per heavy atom. The molecule has 104 valence electrons. The molecule has 1 atom stereocenters. The van der Waals surface area contributed by atoms with Crippen molar-refractivity contribution in [3.05, 3.63) is 29.3 Å². The van der Waals surface area contributed by atoms with Crippen LogP contribution in [0.25, 0.3) is 0 Å². The molecule has 0 aromatic heterocycles. The zero-order valence-electron chi connectivity index (χ0n) is 11.9. The molecule has 0 amide bonds. The van der Waals surface area contributed by atoms with Gasteiger partial charge in [0.2, 0.25) is 0 Å². The maximum atomic E-state index is 5.89. The molecule has 0 radical (unpaired) electrons. The van der Waals surface area contributed by atoms with Crippen LogP contribution >= 0.6 is 0 Å². The van der Waals surface area contributed by atoms with Crippen LogP contribution in [0, 0.1) is 6.92 Å². The van der Waals surface area contributed by atoms with Crippen LogP contribution in [0.3, 0.4) is 0 Å². The van der Waals surface area contributed by atoms with E-state index in [1.54, 1.807) is 0 Å². The molecule has 2 fully saturated rings. The van der Waals surface area contributed by atoms with Crippen LogP contribution in [0.5, 0.6) is 0 Å². The first-order valence-corrected chi connectivity index (χ1v) is 7.56. The third-order valence-electron chi connectivity index (χ3n) is 4.62. The summed E-state index contributed by atoms with van der Waals surface area (Å²) in [6.45, 7) is 7.76. The Labute approximate surface area is 116 Å². The van der Waals surface area contributed by atoms with Gasteiger partial charge in [-0.3, -0.25) is 4.90 Å². The van der Waals surface area contributed by atoms with Gasteiger partial charge in [0.1, 0.15) is 0 Å². The highest BCUT2D eigenvalue weighted by Crippen LogP contribution is 2.28. The summed E-state index contributed by atoms with van der Waals surface area (Å²) in [6.07, 6.45) is 4.07. The summed E-state index contributed by atoms with van der Waals surface area (Å²) in [7, 11) is 0. The first kappa shape index (κ1) is 12.9. The standard InChI is InChI=1S/C16H25N3/c1-13-4-5-14(11-17)16(10-13)19-9-6-15(12-19)18-7-2-3-8-18/h4-5,10,15H,2-3,6-9,11-12,17H2,1H3. The van der Waals surface area contributed by atoms with Gasteiger partial charge >= 0.3 is 0 Å². The number of aryl methyl sites for hydroxylation is 1. The van der Waals surface area contributed by atoms with Crippen LogP contribution in [-0.2, 0) is 6.54 Å². The molecule has 3 nitrogen and oxygen atoms in total. The monoisotopic (exact) mass is 259 g/mol.